The van der Waals surface area contributed by atoms with Crippen molar-refractivity contribution in [3.05, 3.63) is 28.2 Å². The number of carboxylic acids is 1. The lowest BCUT2D eigenvalue weighted by Gasteiger charge is -2.17. The molecule has 1 rings (SSSR count). The highest BCUT2D eigenvalue weighted by Crippen LogP contribution is 2.22. The van der Waals surface area contributed by atoms with Crippen LogP contribution in [0.2, 0.25) is 0 Å². The summed E-state index contributed by atoms with van der Waals surface area (Å²) in [6.07, 6.45) is 0.608. The molecule has 0 aromatic heterocycles. The van der Waals surface area contributed by atoms with Crippen molar-refractivity contribution in [3.8, 4) is 5.75 Å². The van der Waals surface area contributed by atoms with Gasteiger partial charge in [-0.15, -0.1) is 0 Å². The summed E-state index contributed by atoms with van der Waals surface area (Å²) in [5.41, 5.74) is 0.981. The number of halogens is 1. The highest BCUT2D eigenvalue weighted by atomic mass is 79.9. The van der Waals surface area contributed by atoms with Crippen LogP contribution in [0.1, 0.15) is 25.8 Å². The van der Waals surface area contributed by atoms with Crippen LogP contribution in [0.25, 0.3) is 0 Å². The van der Waals surface area contributed by atoms with Crippen molar-refractivity contribution >= 4 is 21.9 Å². The highest BCUT2D eigenvalue weighted by Gasteiger charge is 2.18. The van der Waals surface area contributed by atoms with Crippen LogP contribution in [0, 0.1) is 5.92 Å². The molecule has 0 spiro atoms. The first-order valence-electron chi connectivity index (χ1n) is 6.22. The van der Waals surface area contributed by atoms with Crippen LogP contribution in [0.3, 0.4) is 0 Å². The molecule has 0 aliphatic carbocycles. The lowest BCUT2D eigenvalue weighted by Crippen LogP contribution is -2.37. The number of benzene rings is 1. The molecule has 1 aromatic rings. The molecule has 0 radical (unpaired) electrons. The van der Waals surface area contributed by atoms with Crippen molar-refractivity contribution in [2.24, 2.45) is 5.92 Å². The lowest BCUT2D eigenvalue weighted by atomic mass is 10.0. The monoisotopic (exact) mass is 329 g/mol. The predicted octanol–water partition coefficient (Wildman–Crippen LogP) is 3.05. The zero-order valence-electron chi connectivity index (χ0n) is 11.4. The van der Waals surface area contributed by atoms with Crippen molar-refractivity contribution in [1.82, 2.24) is 5.32 Å². The largest absolute Gasteiger partial charge is 0.497 e. The highest BCUT2D eigenvalue weighted by molar-refractivity contribution is 9.10. The molecule has 1 aromatic carbocycles. The van der Waals surface area contributed by atoms with E-state index in [2.05, 4.69) is 21.2 Å². The molecule has 4 nitrogen and oxygen atoms in total. The van der Waals surface area contributed by atoms with E-state index in [1.165, 1.54) is 0 Å². The van der Waals surface area contributed by atoms with Gasteiger partial charge in [0.05, 0.1) is 7.11 Å². The Hall–Kier alpha value is -1.07. The van der Waals surface area contributed by atoms with Crippen molar-refractivity contribution in [1.29, 1.82) is 0 Å². The second-order valence-corrected chi connectivity index (χ2v) is 5.71. The van der Waals surface area contributed by atoms with Gasteiger partial charge in [0.15, 0.2) is 0 Å². The van der Waals surface area contributed by atoms with E-state index in [0.717, 1.165) is 15.8 Å². The van der Waals surface area contributed by atoms with Gasteiger partial charge in [-0.2, -0.15) is 0 Å². The predicted molar refractivity (Wildman–Crippen MR) is 78.4 cm³/mol. The van der Waals surface area contributed by atoms with E-state index in [0.29, 0.717) is 18.9 Å². The average molecular weight is 330 g/mol. The zero-order valence-corrected chi connectivity index (χ0v) is 13.0. The first-order chi connectivity index (χ1) is 8.93. The number of carbonyl (C=O) groups is 1. The Morgan fingerprint density at radius 1 is 1.47 bits per heavy atom. The molecule has 0 saturated carbocycles. The number of methoxy groups -OCH3 is 1. The van der Waals surface area contributed by atoms with E-state index in [4.69, 9.17) is 4.74 Å². The average Bonchev–Trinajstić information content (AvgIpc) is 2.35. The molecule has 0 aliphatic heterocycles. The fraction of sp³-hybridized carbons (Fsp3) is 0.500. The van der Waals surface area contributed by atoms with Gasteiger partial charge < -0.3 is 15.2 Å². The van der Waals surface area contributed by atoms with Crippen LogP contribution in [-0.4, -0.2) is 24.2 Å². The second kappa shape index (κ2) is 7.50. The number of rotatable bonds is 7. The van der Waals surface area contributed by atoms with Crippen LogP contribution >= 0.6 is 15.9 Å². The van der Waals surface area contributed by atoms with E-state index in [1.807, 2.05) is 32.0 Å². The van der Waals surface area contributed by atoms with Crippen LogP contribution in [0.5, 0.6) is 5.75 Å². The standard InChI is InChI=1S/C14H20BrNO3/c1-9(2)6-13(14(17)18)16-8-10-7-11(19-3)4-5-12(10)15/h4-5,7,9,13,16H,6,8H2,1-3H3,(H,17,18)/t13-/m0/s1. The molecule has 0 fully saturated rings. The molecular formula is C14H20BrNO3. The third-order valence-corrected chi connectivity index (χ3v) is 3.57. The minimum atomic E-state index is -0.812. The Labute approximate surface area is 122 Å². The molecule has 0 unspecified atom stereocenters. The van der Waals surface area contributed by atoms with E-state index in [1.54, 1.807) is 7.11 Å². The molecule has 0 aliphatic rings. The number of aliphatic carboxylic acids is 1. The molecule has 2 N–H and O–H groups in total. The number of hydrogen-bond acceptors (Lipinski definition) is 3. The van der Waals surface area contributed by atoms with Gasteiger partial charge in [0.1, 0.15) is 11.8 Å². The molecule has 5 heteroatoms. The molecule has 0 amide bonds. The fourth-order valence-corrected chi connectivity index (χ4v) is 2.18. The van der Waals surface area contributed by atoms with Gasteiger partial charge in [-0.3, -0.25) is 4.79 Å². The molecule has 1 atom stereocenters. The molecule has 0 heterocycles. The summed E-state index contributed by atoms with van der Waals surface area (Å²) in [6.45, 7) is 4.51. The Bertz CT molecular complexity index is 435. The van der Waals surface area contributed by atoms with Gasteiger partial charge >= 0.3 is 5.97 Å². The zero-order chi connectivity index (χ0) is 14.4. The summed E-state index contributed by atoms with van der Waals surface area (Å²) in [6, 6.07) is 5.12. The minimum absolute atomic E-state index is 0.336. The van der Waals surface area contributed by atoms with Crippen molar-refractivity contribution in [2.75, 3.05) is 7.11 Å². The van der Waals surface area contributed by atoms with E-state index >= 15 is 0 Å². The summed E-state index contributed by atoms with van der Waals surface area (Å²) in [4.78, 5) is 11.2. The maximum atomic E-state index is 11.2. The summed E-state index contributed by atoms with van der Waals surface area (Å²) in [5.74, 6) is 0.283. The number of hydrogen-bond donors (Lipinski definition) is 2. The van der Waals surface area contributed by atoms with E-state index in [9.17, 15) is 9.90 Å². The van der Waals surface area contributed by atoms with Gasteiger partial charge in [0.2, 0.25) is 0 Å². The quantitative estimate of drug-likeness (QED) is 0.807. The maximum Gasteiger partial charge on any atom is 0.320 e. The molecule has 19 heavy (non-hydrogen) atoms. The fourth-order valence-electron chi connectivity index (χ4n) is 1.79. The Morgan fingerprint density at radius 2 is 2.16 bits per heavy atom. The smallest absolute Gasteiger partial charge is 0.320 e. The Kier molecular flexibility index (Phi) is 6.31. The first kappa shape index (κ1) is 16.0. The third kappa shape index (κ3) is 5.20. The van der Waals surface area contributed by atoms with Crippen molar-refractivity contribution in [3.63, 3.8) is 0 Å². The van der Waals surface area contributed by atoms with Crippen LogP contribution in [0.4, 0.5) is 0 Å². The molecule has 0 saturated heterocycles. The van der Waals surface area contributed by atoms with E-state index in [-0.39, 0.29) is 0 Å². The summed E-state index contributed by atoms with van der Waals surface area (Å²) in [5, 5.41) is 12.2. The first-order valence-corrected chi connectivity index (χ1v) is 7.02. The van der Waals surface area contributed by atoms with Crippen LogP contribution in [0.15, 0.2) is 22.7 Å². The molecular weight excluding hydrogens is 310 g/mol. The minimum Gasteiger partial charge on any atom is -0.497 e. The Balaban J connectivity index is 2.70. The SMILES string of the molecule is COc1ccc(Br)c(CN[C@@H](CC(C)C)C(=O)O)c1. The summed E-state index contributed by atoms with van der Waals surface area (Å²) < 4.78 is 6.10. The lowest BCUT2D eigenvalue weighted by molar-refractivity contribution is -0.140. The van der Waals surface area contributed by atoms with Crippen LogP contribution < -0.4 is 10.1 Å². The van der Waals surface area contributed by atoms with Crippen molar-refractivity contribution < 1.29 is 14.6 Å². The van der Waals surface area contributed by atoms with Gasteiger partial charge in [-0.1, -0.05) is 29.8 Å². The summed E-state index contributed by atoms with van der Waals surface area (Å²) >= 11 is 3.45. The van der Waals surface area contributed by atoms with Gasteiger partial charge in [0.25, 0.3) is 0 Å². The van der Waals surface area contributed by atoms with Crippen molar-refractivity contribution in [2.45, 2.75) is 32.9 Å². The van der Waals surface area contributed by atoms with E-state index < -0.39 is 12.0 Å². The van der Waals surface area contributed by atoms with Crippen LogP contribution in [-0.2, 0) is 11.3 Å². The van der Waals surface area contributed by atoms with Gasteiger partial charge in [0, 0.05) is 11.0 Å². The van der Waals surface area contributed by atoms with Gasteiger partial charge in [-0.25, -0.2) is 0 Å². The topological polar surface area (TPSA) is 58.6 Å². The number of nitrogens with one attached hydrogen (secondary N) is 1. The summed E-state index contributed by atoms with van der Waals surface area (Å²) in [7, 11) is 1.61. The number of ether oxygens (including phenoxy) is 1. The Morgan fingerprint density at radius 3 is 2.68 bits per heavy atom. The number of carboxylic acid groups (broad SMARTS) is 1. The second-order valence-electron chi connectivity index (χ2n) is 4.86. The molecule has 106 valence electrons. The maximum absolute atomic E-state index is 11.2. The molecule has 0 bridgehead atoms. The normalized spacial score (nSPS) is 12.5. The third-order valence-electron chi connectivity index (χ3n) is 2.80. The van der Waals surface area contributed by atoms with Gasteiger partial charge in [-0.05, 0) is 36.1 Å².